The molecule has 1 aliphatic rings. The summed E-state index contributed by atoms with van der Waals surface area (Å²) in [7, 11) is 0. The van der Waals surface area contributed by atoms with Gasteiger partial charge in [-0.05, 0) is 81.5 Å². The van der Waals surface area contributed by atoms with Crippen LogP contribution in [0.4, 0.5) is 24.5 Å². The minimum atomic E-state index is -1.30. The average Bonchev–Trinajstić information content (AvgIpc) is 3.41. The minimum absolute atomic E-state index is 0.0843. The standard InChI is InChI=1S/C17H13BrF3IN2O2/c18-11-6-10(17(25)24-26-7-8-1-2-8)16(15(21)14(11)20)23-13-4-3-9(22)5-12(13)19/h3-6,8,23H,1-2,7H2,(H,24,25). The second-order valence-electron chi connectivity index (χ2n) is 5.84. The molecular weight excluding hydrogens is 528 g/mol. The lowest BCUT2D eigenvalue weighted by atomic mass is 10.1. The Bertz CT molecular complexity index is 862. The fourth-order valence-corrected chi connectivity index (χ4v) is 3.04. The smallest absolute Gasteiger partial charge is 0.277 e. The van der Waals surface area contributed by atoms with Crippen molar-refractivity contribution in [2.75, 3.05) is 11.9 Å². The van der Waals surface area contributed by atoms with E-state index in [9.17, 15) is 18.0 Å². The van der Waals surface area contributed by atoms with Crippen molar-refractivity contribution in [3.63, 3.8) is 0 Å². The van der Waals surface area contributed by atoms with Crippen molar-refractivity contribution in [1.82, 2.24) is 5.48 Å². The van der Waals surface area contributed by atoms with Crippen molar-refractivity contribution in [2.24, 2.45) is 5.92 Å². The summed E-state index contributed by atoms with van der Waals surface area (Å²) < 4.78 is 42.8. The van der Waals surface area contributed by atoms with E-state index < -0.39 is 29.0 Å². The lowest BCUT2D eigenvalue weighted by Crippen LogP contribution is -2.26. The number of nitrogens with one attached hydrogen (secondary N) is 2. The van der Waals surface area contributed by atoms with E-state index in [2.05, 4.69) is 26.7 Å². The van der Waals surface area contributed by atoms with Crippen molar-refractivity contribution in [2.45, 2.75) is 12.8 Å². The van der Waals surface area contributed by atoms with Crippen LogP contribution in [-0.2, 0) is 4.84 Å². The Labute approximate surface area is 169 Å². The zero-order valence-electron chi connectivity index (χ0n) is 13.2. The Morgan fingerprint density at radius 3 is 2.62 bits per heavy atom. The fraction of sp³-hybridized carbons (Fsp3) is 0.235. The largest absolute Gasteiger partial charge is 0.350 e. The molecule has 1 aliphatic carbocycles. The van der Waals surface area contributed by atoms with E-state index in [1.54, 1.807) is 6.07 Å². The molecule has 0 aliphatic heterocycles. The van der Waals surface area contributed by atoms with Crippen LogP contribution in [0, 0.1) is 26.9 Å². The number of hydrogen-bond donors (Lipinski definition) is 2. The number of hydrogen-bond acceptors (Lipinski definition) is 3. The predicted molar refractivity (Wildman–Crippen MR) is 103 cm³/mol. The van der Waals surface area contributed by atoms with Gasteiger partial charge in [-0.3, -0.25) is 9.63 Å². The fourth-order valence-electron chi connectivity index (χ4n) is 2.19. The Morgan fingerprint density at radius 1 is 1.23 bits per heavy atom. The number of anilines is 2. The molecule has 1 fully saturated rings. The SMILES string of the molecule is O=C(NOCC1CC1)c1cc(Br)c(F)c(F)c1Nc1ccc(I)cc1F. The average molecular weight is 541 g/mol. The molecule has 2 aromatic carbocycles. The molecule has 26 heavy (non-hydrogen) atoms. The van der Waals surface area contributed by atoms with Crippen LogP contribution >= 0.6 is 38.5 Å². The molecule has 0 atom stereocenters. The van der Waals surface area contributed by atoms with Crippen LogP contribution < -0.4 is 10.8 Å². The minimum Gasteiger partial charge on any atom is -0.350 e. The Balaban J connectivity index is 1.90. The molecule has 0 bridgehead atoms. The van der Waals surface area contributed by atoms with E-state index in [-0.39, 0.29) is 15.7 Å². The van der Waals surface area contributed by atoms with Crippen molar-refractivity contribution in [3.05, 3.63) is 55.3 Å². The lowest BCUT2D eigenvalue weighted by Gasteiger charge is -2.15. The number of halogens is 5. The molecule has 0 aromatic heterocycles. The molecular formula is C17H13BrF3IN2O2. The molecule has 9 heteroatoms. The second kappa shape index (κ2) is 8.13. The van der Waals surface area contributed by atoms with Gasteiger partial charge in [-0.2, -0.15) is 0 Å². The van der Waals surface area contributed by atoms with Crippen LogP contribution in [-0.4, -0.2) is 12.5 Å². The molecule has 1 saturated carbocycles. The van der Waals surface area contributed by atoms with Gasteiger partial charge in [0.05, 0.1) is 28.0 Å². The topological polar surface area (TPSA) is 50.4 Å². The van der Waals surface area contributed by atoms with Gasteiger partial charge >= 0.3 is 0 Å². The highest BCUT2D eigenvalue weighted by molar-refractivity contribution is 14.1. The predicted octanol–water partition coefficient (Wildman–Crippen LogP) is 5.29. The van der Waals surface area contributed by atoms with Crippen LogP contribution in [0.5, 0.6) is 0 Å². The van der Waals surface area contributed by atoms with Gasteiger partial charge in [0, 0.05) is 3.57 Å². The van der Waals surface area contributed by atoms with E-state index in [1.807, 2.05) is 22.6 Å². The summed E-state index contributed by atoms with van der Waals surface area (Å²) in [5.41, 5.74) is 1.43. The molecule has 0 heterocycles. The van der Waals surface area contributed by atoms with Crippen molar-refractivity contribution >= 4 is 55.8 Å². The maximum atomic E-state index is 14.4. The van der Waals surface area contributed by atoms with Crippen molar-refractivity contribution in [3.8, 4) is 0 Å². The molecule has 0 unspecified atom stereocenters. The third-order valence-corrected chi connectivity index (χ3v) is 5.03. The Hall–Kier alpha value is -1.33. The quantitative estimate of drug-likeness (QED) is 0.297. The zero-order valence-corrected chi connectivity index (χ0v) is 17.0. The van der Waals surface area contributed by atoms with E-state index >= 15 is 0 Å². The molecule has 0 spiro atoms. The molecule has 0 radical (unpaired) electrons. The third kappa shape index (κ3) is 4.49. The number of hydroxylamine groups is 1. The zero-order chi connectivity index (χ0) is 18.8. The van der Waals surface area contributed by atoms with E-state index in [0.717, 1.165) is 18.9 Å². The van der Waals surface area contributed by atoms with Crippen LogP contribution in [0.15, 0.2) is 28.7 Å². The highest BCUT2D eigenvalue weighted by atomic mass is 127. The highest BCUT2D eigenvalue weighted by Crippen LogP contribution is 2.32. The van der Waals surface area contributed by atoms with Gasteiger partial charge < -0.3 is 5.32 Å². The van der Waals surface area contributed by atoms with Gasteiger partial charge in [-0.15, -0.1) is 0 Å². The summed E-state index contributed by atoms with van der Waals surface area (Å²) in [5, 5.41) is 2.47. The number of rotatable bonds is 6. The van der Waals surface area contributed by atoms with Gasteiger partial charge in [0.1, 0.15) is 5.82 Å². The maximum Gasteiger partial charge on any atom is 0.277 e. The first-order chi connectivity index (χ1) is 12.4. The van der Waals surface area contributed by atoms with Crippen LogP contribution in [0.25, 0.3) is 0 Å². The maximum absolute atomic E-state index is 14.4. The van der Waals surface area contributed by atoms with Gasteiger partial charge in [-0.1, -0.05) is 0 Å². The molecule has 4 nitrogen and oxygen atoms in total. The van der Waals surface area contributed by atoms with E-state index in [4.69, 9.17) is 4.84 Å². The first kappa shape index (κ1) is 19.4. The van der Waals surface area contributed by atoms with Crippen LogP contribution in [0.1, 0.15) is 23.2 Å². The summed E-state index contributed by atoms with van der Waals surface area (Å²) >= 11 is 4.80. The summed E-state index contributed by atoms with van der Waals surface area (Å²) in [4.78, 5) is 17.4. The van der Waals surface area contributed by atoms with Crippen molar-refractivity contribution in [1.29, 1.82) is 0 Å². The molecule has 1 amide bonds. The van der Waals surface area contributed by atoms with Crippen LogP contribution in [0.3, 0.4) is 0 Å². The Kier molecular flexibility index (Phi) is 6.08. The van der Waals surface area contributed by atoms with Gasteiger partial charge in [0.2, 0.25) is 0 Å². The Morgan fingerprint density at radius 2 is 1.96 bits per heavy atom. The highest BCUT2D eigenvalue weighted by Gasteiger charge is 2.25. The molecule has 0 saturated heterocycles. The number of carbonyl (C=O) groups excluding carboxylic acids is 1. The van der Waals surface area contributed by atoms with Crippen molar-refractivity contribution < 1.29 is 22.8 Å². The number of benzene rings is 2. The molecule has 2 N–H and O–H groups in total. The molecule has 3 rings (SSSR count). The molecule has 2 aromatic rings. The number of carbonyl (C=O) groups is 1. The first-order valence-corrected chi connectivity index (χ1v) is 9.55. The summed E-state index contributed by atoms with van der Waals surface area (Å²) in [6.45, 7) is 0.352. The number of amides is 1. The van der Waals surface area contributed by atoms with Gasteiger partial charge in [0.25, 0.3) is 5.91 Å². The summed E-state index contributed by atoms with van der Waals surface area (Å²) in [6, 6.07) is 5.31. The van der Waals surface area contributed by atoms with E-state index in [0.29, 0.717) is 16.1 Å². The summed E-state index contributed by atoms with van der Waals surface area (Å²) in [6.07, 6.45) is 2.07. The molecule has 138 valence electrons. The van der Waals surface area contributed by atoms with Crippen LogP contribution in [0.2, 0.25) is 0 Å². The third-order valence-electron chi connectivity index (χ3n) is 3.78. The van der Waals surface area contributed by atoms with Gasteiger partial charge in [-0.25, -0.2) is 18.7 Å². The normalized spacial score (nSPS) is 13.6. The second-order valence-corrected chi connectivity index (χ2v) is 7.94. The first-order valence-electron chi connectivity index (χ1n) is 7.68. The monoisotopic (exact) mass is 540 g/mol. The lowest BCUT2D eigenvalue weighted by molar-refractivity contribution is 0.0270. The van der Waals surface area contributed by atoms with E-state index in [1.165, 1.54) is 12.1 Å². The van der Waals surface area contributed by atoms with Gasteiger partial charge in [0.15, 0.2) is 11.6 Å². The summed E-state index contributed by atoms with van der Waals surface area (Å²) in [5.74, 6) is -3.50.